The highest BCUT2D eigenvalue weighted by Crippen LogP contribution is 2.21. The van der Waals surface area contributed by atoms with Gasteiger partial charge in [-0.05, 0) is 24.6 Å². The second-order valence-electron chi connectivity index (χ2n) is 2.92. The molecule has 0 unspecified atom stereocenters. The topological polar surface area (TPSA) is 46.5 Å². The van der Waals surface area contributed by atoms with E-state index in [-0.39, 0.29) is 18.8 Å². The van der Waals surface area contributed by atoms with Crippen LogP contribution in [0.3, 0.4) is 0 Å². The fourth-order valence-electron chi connectivity index (χ4n) is 0.998. The highest BCUT2D eigenvalue weighted by atomic mass is 79.9. The quantitative estimate of drug-likeness (QED) is 0.842. The standard InChI is InChI=1S/C10H10BrFO3/c11-7-3-4-9(8(12)6-7)15-5-1-2-10(13)14/h3-4,6H,1-2,5H2,(H,13,14). The lowest BCUT2D eigenvalue weighted by Gasteiger charge is -2.06. The Morgan fingerprint density at radius 2 is 2.27 bits per heavy atom. The molecule has 1 N–H and O–H groups in total. The fraction of sp³-hybridized carbons (Fsp3) is 0.300. The summed E-state index contributed by atoms with van der Waals surface area (Å²) in [4.78, 5) is 10.2. The lowest BCUT2D eigenvalue weighted by Crippen LogP contribution is -2.03. The third kappa shape index (κ3) is 4.29. The first kappa shape index (κ1) is 12.0. The Morgan fingerprint density at radius 1 is 1.53 bits per heavy atom. The molecule has 0 bridgehead atoms. The highest BCUT2D eigenvalue weighted by molar-refractivity contribution is 9.10. The lowest BCUT2D eigenvalue weighted by atomic mass is 10.3. The van der Waals surface area contributed by atoms with Crippen LogP contribution in [0.5, 0.6) is 5.75 Å². The number of halogens is 2. The minimum absolute atomic E-state index is 0.0259. The van der Waals surface area contributed by atoms with Crippen LogP contribution in [0.15, 0.2) is 22.7 Å². The summed E-state index contributed by atoms with van der Waals surface area (Å²) in [7, 11) is 0. The number of carboxylic acid groups (broad SMARTS) is 1. The minimum atomic E-state index is -0.880. The molecular weight excluding hydrogens is 267 g/mol. The maximum Gasteiger partial charge on any atom is 0.303 e. The van der Waals surface area contributed by atoms with Crippen molar-refractivity contribution in [2.45, 2.75) is 12.8 Å². The van der Waals surface area contributed by atoms with Gasteiger partial charge in [-0.3, -0.25) is 4.79 Å². The van der Waals surface area contributed by atoms with E-state index in [1.807, 2.05) is 0 Å². The second kappa shape index (κ2) is 5.70. The molecule has 0 saturated heterocycles. The summed E-state index contributed by atoms with van der Waals surface area (Å²) in [5, 5.41) is 8.37. The van der Waals surface area contributed by atoms with Crippen LogP contribution in [0.25, 0.3) is 0 Å². The Kier molecular flexibility index (Phi) is 4.55. The molecule has 0 aromatic heterocycles. The Labute approximate surface area is 95.0 Å². The van der Waals surface area contributed by atoms with Crippen LogP contribution in [-0.4, -0.2) is 17.7 Å². The summed E-state index contributed by atoms with van der Waals surface area (Å²) < 4.78 is 18.9. The molecule has 3 nitrogen and oxygen atoms in total. The predicted molar refractivity (Wildman–Crippen MR) is 56.5 cm³/mol. The maximum atomic E-state index is 13.2. The molecule has 0 aliphatic heterocycles. The first-order valence-electron chi connectivity index (χ1n) is 4.39. The smallest absolute Gasteiger partial charge is 0.303 e. The van der Waals surface area contributed by atoms with Crippen LogP contribution in [0.4, 0.5) is 4.39 Å². The zero-order valence-electron chi connectivity index (χ0n) is 7.87. The van der Waals surface area contributed by atoms with E-state index >= 15 is 0 Å². The molecule has 1 aromatic rings. The van der Waals surface area contributed by atoms with E-state index in [0.29, 0.717) is 10.9 Å². The molecule has 0 aliphatic rings. The molecule has 15 heavy (non-hydrogen) atoms. The molecule has 0 radical (unpaired) electrons. The molecule has 0 fully saturated rings. The Morgan fingerprint density at radius 3 is 2.87 bits per heavy atom. The van der Waals surface area contributed by atoms with E-state index < -0.39 is 11.8 Å². The largest absolute Gasteiger partial charge is 0.491 e. The van der Waals surface area contributed by atoms with Crippen molar-refractivity contribution in [3.05, 3.63) is 28.5 Å². The van der Waals surface area contributed by atoms with Gasteiger partial charge < -0.3 is 9.84 Å². The van der Waals surface area contributed by atoms with Gasteiger partial charge in [0.05, 0.1) is 6.61 Å². The van der Waals surface area contributed by atoms with Crippen molar-refractivity contribution in [1.82, 2.24) is 0 Å². The molecule has 0 spiro atoms. The monoisotopic (exact) mass is 276 g/mol. The summed E-state index contributed by atoms with van der Waals surface area (Å²) in [6.45, 7) is 0.199. The molecular formula is C10H10BrFO3. The van der Waals surface area contributed by atoms with Crippen molar-refractivity contribution in [2.75, 3.05) is 6.61 Å². The summed E-state index contributed by atoms with van der Waals surface area (Å²) >= 11 is 3.12. The summed E-state index contributed by atoms with van der Waals surface area (Å²) in [5.41, 5.74) is 0. The van der Waals surface area contributed by atoms with E-state index in [1.54, 1.807) is 6.07 Å². The minimum Gasteiger partial charge on any atom is -0.491 e. The first-order valence-corrected chi connectivity index (χ1v) is 5.18. The molecule has 5 heteroatoms. The van der Waals surface area contributed by atoms with Crippen molar-refractivity contribution in [3.8, 4) is 5.75 Å². The van der Waals surface area contributed by atoms with Gasteiger partial charge in [-0.15, -0.1) is 0 Å². The van der Waals surface area contributed by atoms with Crippen LogP contribution in [-0.2, 0) is 4.79 Å². The van der Waals surface area contributed by atoms with E-state index in [0.717, 1.165) is 0 Å². The molecule has 0 atom stereocenters. The molecule has 0 heterocycles. The van der Waals surface area contributed by atoms with Crippen molar-refractivity contribution in [2.24, 2.45) is 0 Å². The van der Waals surface area contributed by atoms with Crippen molar-refractivity contribution < 1.29 is 19.0 Å². The first-order chi connectivity index (χ1) is 7.09. The zero-order chi connectivity index (χ0) is 11.3. The third-order valence-electron chi connectivity index (χ3n) is 1.69. The Hall–Kier alpha value is -1.10. The number of rotatable bonds is 5. The molecule has 0 amide bonds. The van der Waals surface area contributed by atoms with Gasteiger partial charge in [-0.25, -0.2) is 4.39 Å². The Balaban J connectivity index is 2.40. The fourth-order valence-corrected chi connectivity index (χ4v) is 1.33. The van der Waals surface area contributed by atoms with E-state index in [4.69, 9.17) is 9.84 Å². The molecule has 82 valence electrons. The van der Waals surface area contributed by atoms with E-state index in [9.17, 15) is 9.18 Å². The van der Waals surface area contributed by atoms with Gasteiger partial charge in [-0.1, -0.05) is 15.9 Å². The van der Waals surface area contributed by atoms with Gasteiger partial charge in [0.25, 0.3) is 0 Å². The highest BCUT2D eigenvalue weighted by Gasteiger charge is 2.04. The predicted octanol–water partition coefficient (Wildman–Crippen LogP) is 2.83. The van der Waals surface area contributed by atoms with Crippen molar-refractivity contribution in [1.29, 1.82) is 0 Å². The zero-order valence-corrected chi connectivity index (χ0v) is 9.46. The number of aliphatic carboxylic acids is 1. The summed E-state index contributed by atoms with van der Waals surface area (Å²) in [6, 6.07) is 4.46. The molecule has 1 aromatic carbocycles. The van der Waals surface area contributed by atoms with Crippen LogP contribution in [0, 0.1) is 5.82 Å². The molecule has 1 rings (SSSR count). The summed E-state index contributed by atoms with van der Waals surface area (Å²) in [5.74, 6) is -1.20. The number of hydrogen-bond acceptors (Lipinski definition) is 2. The van der Waals surface area contributed by atoms with E-state index in [2.05, 4.69) is 15.9 Å². The Bertz CT molecular complexity index is 355. The number of ether oxygens (including phenoxy) is 1. The average molecular weight is 277 g/mol. The van der Waals surface area contributed by atoms with Crippen LogP contribution < -0.4 is 4.74 Å². The van der Waals surface area contributed by atoms with Crippen LogP contribution >= 0.6 is 15.9 Å². The van der Waals surface area contributed by atoms with Gasteiger partial charge >= 0.3 is 5.97 Å². The number of carbonyl (C=O) groups is 1. The van der Waals surface area contributed by atoms with Crippen LogP contribution in [0.2, 0.25) is 0 Å². The normalized spacial score (nSPS) is 10.0. The van der Waals surface area contributed by atoms with Gasteiger partial charge in [0.2, 0.25) is 0 Å². The number of carboxylic acids is 1. The SMILES string of the molecule is O=C(O)CCCOc1ccc(Br)cc1F. The number of hydrogen-bond donors (Lipinski definition) is 1. The van der Waals surface area contributed by atoms with Crippen molar-refractivity contribution in [3.63, 3.8) is 0 Å². The molecule has 0 saturated carbocycles. The van der Waals surface area contributed by atoms with Gasteiger partial charge in [0.1, 0.15) is 0 Å². The van der Waals surface area contributed by atoms with Gasteiger partial charge in [0, 0.05) is 10.9 Å². The number of benzene rings is 1. The second-order valence-corrected chi connectivity index (χ2v) is 3.84. The average Bonchev–Trinajstić information content (AvgIpc) is 2.14. The maximum absolute atomic E-state index is 13.2. The van der Waals surface area contributed by atoms with Crippen molar-refractivity contribution >= 4 is 21.9 Å². The van der Waals surface area contributed by atoms with Gasteiger partial charge in [-0.2, -0.15) is 0 Å². The lowest BCUT2D eigenvalue weighted by molar-refractivity contribution is -0.137. The third-order valence-corrected chi connectivity index (χ3v) is 2.18. The van der Waals surface area contributed by atoms with E-state index in [1.165, 1.54) is 12.1 Å². The van der Waals surface area contributed by atoms with Crippen LogP contribution in [0.1, 0.15) is 12.8 Å². The van der Waals surface area contributed by atoms with Gasteiger partial charge in [0.15, 0.2) is 11.6 Å². The molecule has 0 aliphatic carbocycles. The summed E-state index contributed by atoms with van der Waals surface area (Å²) in [6.07, 6.45) is 0.392.